The lowest BCUT2D eigenvalue weighted by molar-refractivity contribution is -0.907. The first-order valence-electron chi connectivity index (χ1n) is 10.7. The summed E-state index contributed by atoms with van der Waals surface area (Å²) in [5.74, 6) is 0.372. The van der Waals surface area contributed by atoms with Gasteiger partial charge in [-0.25, -0.2) is 0 Å². The molecule has 1 heterocycles. The molecule has 0 saturated carbocycles. The predicted molar refractivity (Wildman–Crippen MR) is 104 cm³/mol. The van der Waals surface area contributed by atoms with E-state index in [1.165, 1.54) is 77.3 Å². The summed E-state index contributed by atoms with van der Waals surface area (Å²) >= 11 is 0. The van der Waals surface area contributed by atoms with Crippen molar-refractivity contribution in [3.05, 3.63) is 0 Å². The standard InChI is InChI=1S/C21H43N2O/c1-4-6-7-8-9-10-11-12-13-14-19-23(3,5-2)20-18-22-17-15-16-21(22)24/h4-20H2,1-3H3/q+1. The Bertz CT molecular complexity index is 332. The summed E-state index contributed by atoms with van der Waals surface area (Å²) in [5, 5.41) is 0. The van der Waals surface area contributed by atoms with Crippen molar-refractivity contribution in [2.45, 2.75) is 90.9 Å². The van der Waals surface area contributed by atoms with Gasteiger partial charge in [-0.2, -0.15) is 0 Å². The van der Waals surface area contributed by atoms with Gasteiger partial charge in [-0.05, 0) is 26.2 Å². The van der Waals surface area contributed by atoms with Gasteiger partial charge in [0.1, 0.15) is 0 Å². The third-order valence-corrected chi connectivity index (χ3v) is 5.90. The van der Waals surface area contributed by atoms with Crippen molar-refractivity contribution in [3.8, 4) is 0 Å². The smallest absolute Gasteiger partial charge is 0.222 e. The molecule has 0 aromatic heterocycles. The van der Waals surface area contributed by atoms with Crippen molar-refractivity contribution in [1.29, 1.82) is 0 Å². The van der Waals surface area contributed by atoms with Gasteiger partial charge in [0.15, 0.2) is 0 Å². The summed E-state index contributed by atoms with van der Waals surface area (Å²) in [6, 6.07) is 0. The minimum absolute atomic E-state index is 0.372. The Hall–Kier alpha value is -0.570. The second kappa shape index (κ2) is 12.7. The number of hydrogen-bond acceptors (Lipinski definition) is 1. The average molecular weight is 340 g/mol. The third-order valence-electron chi connectivity index (χ3n) is 5.90. The number of nitrogens with zero attached hydrogens (tertiary/aromatic N) is 2. The number of amides is 1. The van der Waals surface area contributed by atoms with E-state index in [1.54, 1.807) is 0 Å². The van der Waals surface area contributed by atoms with Gasteiger partial charge < -0.3 is 9.38 Å². The maximum atomic E-state index is 11.7. The van der Waals surface area contributed by atoms with Crippen molar-refractivity contribution in [3.63, 3.8) is 0 Å². The molecule has 1 aliphatic rings. The van der Waals surface area contributed by atoms with E-state index in [4.69, 9.17) is 0 Å². The highest BCUT2D eigenvalue weighted by Crippen LogP contribution is 2.14. The van der Waals surface area contributed by atoms with Crippen LogP contribution in [0.25, 0.3) is 0 Å². The highest BCUT2D eigenvalue weighted by molar-refractivity contribution is 5.77. The summed E-state index contributed by atoms with van der Waals surface area (Å²) in [5.41, 5.74) is 0. The molecule has 0 aliphatic carbocycles. The molecule has 1 unspecified atom stereocenters. The minimum atomic E-state index is 0.372. The summed E-state index contributed by atoms with van der Waals surface area (Å²) in [7, 11) is 2.37. The molecule has 0 aromatic rings. The van der Waals surface area contributed by atoms with Gasteiger partial charge in [-0.3, -0.25) is 4.79 Å². The highest BCUT2D eigenvalue weighted by atomic mass is 16.2. The summed E-state index contributed by atoms with van der Waals surface area (Å²) < 4.78 is 1.13. The molecule has 3 heteroatoms. The van der Waals surface area contributed by atoms with Crippen LogP contribution in [0.5, 0.6) is 0 Å². The van der Waals surface area contributed by atoms with Crippen LogP contribution >= 0.6 is 0 Å². The first kappa shape index (κ1) is 21.5. The van der Waals surface area contributed by atoms with E-state index in [1.807, 2.05) is 0 Å². The molecule has 1 rings (SSSR count). The van der Waals surface area contributed by atoms with Gasteiger partial charge in [0.2, 0.25) is 5.91 Å². The first-order chi connectivity index (χ1) is 11.6. The molecule has 0 bridgehead atoms. The summed E-state index contributed by atoms with van der Waals surface area (Å²) in [6.45, 7) is 10.1. The number of quaternary nitrogens is 1. The average Bonchev–Trinajstić information content (AvgIpc) is 3.00. The van der Waals surface area contributed by atoms with Crippen LogP contribution in [-0.2, 0) is 4.79 Å². The second-order valence-electron chi connectivity index (χ2n) is 8.05. The van der Waals surface area contributed by atoms with Gasteiger partial charge in [0.25, 0.3) is 0 Å². The molecule has 0 spiro atoms. The van der Waals surface area contributed by atoms with Crippen LogP contribution in [-0.4, -0.2) is 55.1 Å². The number of unbranched alkanes of at least 4 members (excludes halogenated alkanes) is 9. The van der Waals surface area contributed by atoms with Crippen molar-refractivity contribution in [2.24, 2.45) is 0 Å². The fraction of sp³-hybridized carbons (Fsp3) is 0.952. The largest absolute Gasteiger partial charge is 0.337 e. The van der Waals surface area contributed by atoms with E-state index in [9.17, 15) is 4.79 Å². The van der Waals surface area contributed by atoms with Crippen LogP contribution in [0, 0.1) is 0 Å². The fourth-order valence-corrected chi connectivity index (χ4v) is 3.71. The Morgan fingerprint density at radius 3 is 1.96 bits per heavy atom. The maximum Gasteiger partial charge on any atom is 0.222 e. The minimum Gasteiger partial charge on any atom is -0.337 e. The van der Waals surface area contributed by atoms with E-state index >= 15 is 0 Å². The van der Waals surface area contributed by atoms with E-state index in [-0.39, 0.29) is 0 Å². The quantitative estimate of drug-likeness (QED) is 0.304. The zero-order valence-corrected chi connectivity index (χ0v) is 16.8. The molecule has 0 aromatic carbocycles. The van der Waals surface area contributed by atoms with Gasteiger partial charge in [0.05, 0.1) is 33.2 Å². The number of rotatable bonds is 15. The molecular weight excluding hydrogens is 296 g/mol. The second-order valence-corrected chi connectivity index (χ2v) is 8.05. The summed E-state index contributed by atoms with van der Waals surface area (Å²) in [4.78, 5) is 13.8. The fourth-order valence-electron chi connectivity index (χ4n) is 3.71. The zero-order valence-electron chi connectivity index (χ0n) is 16.8. The topological polar surface area (TPSA) is 20.3 Å². The predicted octanol–water partition coefficient (Wildman–Crippen LogP) is 5.00. The Kier molecular flexibility index (Phi) is 11.4. The van der Waals surface area contributed by atoms with Crippen LogP contribution in [0.2, 0.25) is 0 Å². The van der Waals surface area contributed by atoms with Crippen molar-refractivity contribution >= 4 is 5.91 Å². The number of likely N-dealkylation sites (tertiary alicyclic amines) is 1. The lowest BCUT2D eigenvalue weighted by Crippen LogP contribution is -2.49. The SMILES string of the molecule is CCCCCCCCCCCC[N+](C)(CC)CCN1CCCC1=O. The normalized spacial score (nSPS) is 17.5. The molecule has 1 fully saturated rings. The van der Waals surface area contributed by atoms with Gasteiger partial charge >= 0.3 is 0 Å². The number of hydrogen-bond donors (Lipinski definition) is 0. The lowest BCUT2D eigenvalue weighted by atomic mass is 10.1. The van der Waals surface area contributed by atoms with E-state index in [0.717, 1.165) is 37.0 Å². The van der Waals surface area contributed by atoms with E-state index in [0.29, 0.717) is 5.91 Å². The van der Waals surface area contributed by atoms with Crippen LogP contribution < -0.4 is 0 Å². The molecule has 142 valence electrons. The Labute approximate surface area is 151 Å². The van der Waals surface area contributed by atoms with Crippen molar-refractivity contribution in [1.82, 2.24) is 4.90 Å². The molecule has 0 N–H and O–H groups in total. The van der Waals surface area contributed by atoms with Gasteiger partial charge in [0, 0.05) is 13.0 Å². The molecule has 0 radical (unpaired) electrons. The number of likely N-dealkylation sites (N-methyl/N-ethyl adjacent to an activating group) is 1. The van der Waals surface area contributed by atoms with Crippen LogP contribution in [0.1, 0.15) is 90.9 Å². The Balaban J connectivity index is 2.02. The number of carbonyl (C=O) groups excluding carboxylic acids is 1. The molecule has 1 atom stereocenters. The van der Waals surface area contributed by atoms with E-state index in [2.05, 4.69) is 25.8 Å². The lowest BCUT2D eigenvalue weighted by Gasteiger charge is -2.35. The van der Waals surface area contributed by atoms with Gasteiger partial charge in [-0.1, -0.05) is 58.3 Å². The number of carbonyl (C=O) groups is 1. The third kappa shape index (κ3) is 9.05. The zero-order chi connectivity index (χ0) is 17.7. The van der Waals surface area contributed by atoms with Crippen LogP contribution in [0.4, 0.5) is 0 Å². The van der Waals surface area contributed by atoms with Gasteiger partial charge in [-0.15, -0.1) is 0 Å². The Morgan fingerprint density at radius 1 is 0.875 bits per heavy atom. The van der Waals surface area contributed by atoms with Crippen molar-refractivity contribution in [2.75, 3.05) is 39.8 Å². The van der Waals surface area contributed by atoms with Crippen molar-refractivity contribution < 1.29 is 9.28 Å². The molecule has 1 amide bonds. The van der Waals surface area contributed by atoms with Crippen LogP contribution in [0.3, 0.4) is 0 Å². The summed E-state index contributed by atoms with van der Waals surface area (Å²) in [6.07, 6.45) is 15.9. The molecular formula is C21H43N2O+. The molecule has 24 heavy (non-hydrogen) atoms. The monoisotopic (exact) mass is 339 g/mol. The van der Waals surface area contributed by atoms with Crippen LogP contribution in [0.15, 0.2) is 0 Å². The first-order valence-corrected chi connectivity index (χ1v) is 10.7. The highest BCUT2D eigenvalue weighted by Gasteiger charge is 2.24. The maximum absolute atomic E-state index is 11.7. The molecule has 1 aliphatic heterocycles. The molecule has 3 nitrogen and oxygen atoms in total. The Morgan fingerprint density at radius 2 is 1.46 bits per heavy atom. The van der Waals surface area contributed by atoms with E-state index < -0.39 is 0 Å². The molecule has 1 saturated heterocycles.